The zero-order chi connectivity index (χ0) is 17.7. The van der Waals surface area contributed by atoms with E-state index in [1.807, 2.05) is 0 Å². The SMILES string of the molecule is O=C(O)C12COC(C(=O)NC3CC=C(c4ccc(F)cc4)CC3)(C1)C2. The fourth-order valence-corrected chi connectivity index (χ4v) is 4.17. The van der Waals surface area contributed by atoms with Crippen molar-refractivity contribution in [3.63, 3.8) is 0 Å². The van der Waals surface area contributed by atoms with Gasteiger partial charge in [0.15, 0.2) is 0 Å². The van der Waals surface area contributed by atoms with E-state index in [0.717, 1.165) is 24.0 Å². The molecule has 0 radical (unpaired) electrons. The van der Waals surface area contributed by atoms with E-state index in [1.54, 1.807) is 12.1 Å². The number of carboxylic acids is 1. The van der Waals surface area contributed by atoms with E-state index in [4.69, 9.17) is 4.74 Å². The molecule has 2 bridgehead atoms. The van der Waals surface area contributed by atoms with Gasteiger partial charge in [-0.3, -0.25) is 9.59 Å². The van der Waals surface area contributed by atoms with Crippen molar-refractivity contribution in [1.29, 1.82) is 0 Å². The van der Waals surface area contributed by atoms with Crippen LogP contribution in [0.3, 0.4) is 0 Å². The molecule has 2 saturated heterocycles. The summed E-state index contributed by atoms with van der Waals surface area (Å²) in [6.45, 7) is 0.120. The van der Waals surface area contributed by atoms with Crippen molar-refractivity contribution in [3.8, 4) is 0 Å². The Balaban J connectivity index is 1.36. The molecule has 0 spiro atoms. The number of hydrogen-bond donors (Lipinski definition) is 2. The van der Waals surface area contributed by atoms with Gasteiger partial charge in [0.1, 0.15) is 11.4 Å². The summed E-state index contributed by atoms with van der Waals surface area (Å²) >= 11 is 0. The van der Waals surface area contributed by atoms with Gasteiger partial charge in [-0.1, -0.05) is 18.2 Å². The maximum absolute atomic E-state index is 13.0. The third-order valence-corrected chi connectivity index (χ3v) is 5.70. The van der Waals surface area contributed by atoms with Crippen LogP contribution in [0.15, 0.2) is 30.3 Å². The molecule has 2 heterocycles. The highest BCUT2D eigenvalue weighted by atomic mass is 19.1. The predicted molar refractivity (Wildman–Crippen MR) is 88.1 cm³/mol. The first-order valence-corrected chi connectivity index (χ1v) is 8.56. The molecule has 1 saturated carbocycles. The number of benzene rings is 1. The predicted octanol–water partition coefficient (Wildman–Crippen LogP) is 2.51. The van der Waals surface area contributed by atoms with Crippen molar-refractivity contribution < 1.29 is 23.8 Å². The lowest BCUT2D eigenvalue weighted by Gasteiger charge is -2.41. The summed E-state index contributed by atoms with van der Waals surface area (Å²) in [7, 11) is 0. The lowest BCUT2D eigenvalue weighted by molar-refractivity contribution is -0.159. The summed E-state index contributed by atoms with van der Waals surface area (Å²) in [5, 5.41) is 12.3. The second-order valence-electron chi connectivity index (χ2n) is 7.40. The van der Waals surface area contributed by atoms with Crippen molar-refractivity contribution in [1.82, 2.24) is 5.32 Å². The second kappa shape index (κ2) is 5.66. The van der Waals surface area contributed by atoms with Crippen LogP contribution in [0, 0.1) is 11.2 Å². The van der Waals surface area contributed by atoms with E-state index in [9.17, 15) is 19.1 Å². The van der Waals surface area contributed by atoms with Crippen molar-refractivity contribution in [2.45, 2.75) is 43.7 Å². The lowest BCUT2D eigenvalue weighted by atomic mass is 9.62. The summed E-state index contributed by atoms with van der Waals surface area (Å²) in [6.07, 6.45) is 4.93. The number of aliphatic carboxylic acids is 1. The van der Waals surface area contributed by atoms with Gasteiger partial charge in [0.2, 0.25) is 0 Å². The van der Waals surface area contributed by atoms with Crippen LogP contribution in [0.2, 0.25) is 0 Å². The van der Waals surface area contributed by atoms with Crippen LogP contribution in [0.25, 0.3) is 5.57 Å². The topological polar surface area (TPSA) is 75.6 Å². The van der Waals surface area contributed by atoms with Gasteiger partial charge in [0.05, 0.1) is 12.0 Å². The number of nitrogens with one attached hydrogen (secondary N) is 1. The molecule has 132 valence electrons. The maximum atomic E-state index is 13.0. The average Bonchev–Trinajstić information content (AvgIpc) is 3.14. The van der Waals surface area contributed by atoms with Crippen LogP contribution in [-0.2, 0) is 14.3 Å². The third kappa shape index (κ3) is 2.65. The molecular formula is C19H20FNO4. The molecule has 2 aliphatic carbocycles. The largest absolute Gasteiger partial charge is 0.481 e. The molecule has 2 N–H and O–H groups in total. The van der Waals surface area contributed by atoms with Crippen molar-refractivity contribution >= 4 is 17.4 Å². The van der Waals surface area contributed by atoms with Gasteiger partial charge in [-0.05, 0) is 42.5 Å². The Hall–Kier alpha value is -2.21. The van der Waals surface area contributed by atoms with Crippen LogP contribution in [-0.4, -0.2) is 35.2 Å². The molecule has 1 atom stereocenters. The number of hydrogen-bond acceptors (Lipinski definition) is 3. The molecule has 5 rings (SSSR count). The first kappa shape index (κ1) is 16.3. The van der Waals surface area contributed by atoms with Crippen molar-refractivity contribution in [2.75, 3.05) is 6.61 Å². The molecule has 1 amide bonds. The molecule has 5 nitrogen and oxygen atoms in total. The third-order valence-electron chi connectivity index (χ3n) is 5.70. The van der Waals surface area contributed by atoms with E-state index in [1.165, 1.54) is 12.1 Å². The summed E-state index contributed by atoms with van der Waals surface area (Å²) in [5.41, 5.74) is 0.363. The Kier molecular flexibility index (Phi) is 3.68. The summed E-state index contributed by atoms with van der Waals surface area (Å²) in [4.78, 5) is 23.8. The van der Waals surface area contributed by atoms with Crippen LogP contribution in [0.1, 0.15) is 37.7 Å². The standard InChI is InChI=1S/C19H20FNO4/c20-14-5-1-12(2-6-14)13-3-7-15(8-4-13)21-16(22)19-9-18(10-19,11-25-19)17(23)24/h1-3,5-6,15H,4,7-11H2,(H,21,22)(H,23,24). The normalized spacial score (nSPS) is 33.3. The highest BCUT2D eigenvalue weighted by Crippen LogP contribution is 2.58. The monoisotopic (exact) mass is 345 g/mol. The first-order valence-electron chi connectivity index (χ1n) is 8.56. The molecule has 2 aliphatic heterocycles. The molecule has 6 heteroatoms. The van der Waals surface area contributed by atoms with E-state index < -0.39 is 17.0 Å². The Labute approximate surface area is 144 Å². The first-order chi connectivity index (χ1) is 11.9. The molecular weight excluding hydrogens is 325 g/mol. The second-order valence-corrected chi connectivity index (χ2v) is 7.40. The van der Waals surface area contributed by atoms with Gasteiger partial charge in [0, 0.05) is 18.9 Å². The zero-order valence-electron chi connectivity index (χ0n) is 13.8. The molecule has 0 aromatic heterocycles. The minimum atomic E-state index is -0.945. The number of halogens is 1. The van der Waals surface area contributed by atoms with Gasteiger partial charge in [0.25, 0.3) is 5.91 Å². The molecule has 25 heavy (non-hydrogen) atoms. The number of amides is 1. The number of fused-ring (bicyclic) bond motifs is 1. The van der Waals surface area contributed by atoms with Crippen LogP contribution in [0.4, 0.5) is 4.39 Å². The Bertz CT molecular complexity index is 749. The number of rotatable bonds is 4. The highest BCUT2D eigenvalue weighted by molar-refractivity contribution is 5.92. The number of carbonyl (C=O) groups excluding carboxylic acids is 1. The van der Waals surface area contributed by atoms with Crippen molar-refractivity contribution in [3.05, 3.63) is 41.7 Å². The van der Waals surface area contributed by atoms with Gasteiger partial charge in [-0.25, -0.2) is 4.39 Å². The fourth-order valence-electron chi connectivity index (χ4n) is 4.17. The van der Waals surface area contributed by atoms with E-state index in [0.29, 0.717) is 6.42 Å². The van der Waals surface area contributed by atoms with Gasteiger partial charge in [-0.15, -0.1) is 0 Å². The van der Waals surface area contributed by atoms with Crippen LogP contribution in [0.5, 0.6) is 0 Å². The van der Waals surface area contributed by atoms with Gasteiger partial charge < -0.3 is 15.2 Å². The molecule has 3 fully saturated rings. The summed E-state index contributed by atoms with van der Waals surface area (Å²) in [5.74, 6) is -1.32. The van der Waals surface area contributed by atoms with E-state index in [-0.39, 0.29) is 37.2 Å². The molecule has 1 aromatic rings. The average molecular weight is 345 g/mol. The Morgan fingerprint density at radius 3 is 2.52 bits per heavy atom. The highest BCUT2D eigenvalue weighted by Gasteiger charge is 2.70. The quantitative estimate of drug-likeness (QED) is 0.879. The maximum Gasteiger partial charge on any atom is 0.312 e. The lowest BCUT2D eigenvalue weighted by Crippen LogP contribution is -2.58. The molecule has 1 aromatic carbocycles. The minimum absolute atomic E-state index is 0.0232. The summed E-state index contributed by atoms with van der Waals surface area (Å²) in [6, 6.07) is 6.46. The Morgan fingerprint density at radius 1 is 1.24 bits per heavy atom. The zero-order valence-corrected chi connectivity index (χ0v) is 13.8. The number of allylic oxidation sites excluding steroid dienone is 1. The Morgan fingerprint density at radius 2 is 1.96 bits per heavy atom. The molecule has 4 aliphatic rings. The van der Waals surface area contributed by atoms with Crippen molar-refractivity contribution in [2.24, 2.45) is 5.41 Å². The van der Waals surface area contributed by atoms with Crippen LogP contribution >= 0.6 is 0 Å². The smallest absolute Gasteiger partial charge is 0.312 e. The molecule has 1 unspecified atom stereocenters. The number of carboxylic acid groups (broad SMARTS) is 1. The minimum Gasteiger partial charge on any atom is -0.481 e. The van der Waals surface area contributed by atoms with E-state index >= 15 is 0 Å². The summed E-state index contributed by atoms with van der Waals surface area (Å²) < 4.78 is 18.5. The van der Waals surface area contributed by atoms with Gasteiger partial charge in [-0.2, -0.15) is 0 Å². The van der Waals surface area contributed by atoms with Crippen LogP contribution < -0.4 is 5.32 Å². The number of ether oxygens (including phenoxy) is 1. The fraction of sp³-hybridized carbons (Fsp3) is 0.474. The van der Waals surface area contributed by atoms with Gasteiger partial charge >= 0.3 is 5.97 Å². The number of carbonyl (C=O) groups is 2. The van der Waals surface area contributed by atoms with E-state index in [2.05, 4.69) is 11.4 Å².